The van der Waals surface area contributed by atoms with Gasteiger partial charge in [-0.25, -0.2) is 4.79 Å². The zero-order chi connectivity index (χ0) is 30.0. The first-order valence-electron chi connectivity index (χ1n) is 15.1. The molecule has 1 atom stereocenters. The molecule has 1 aliphatic carbocycles. The second-order valence-corrected chi connectivity index (χ2v) is 18.9. The van der Waals surface area contributed by atoms with Crippen LogP contribution in [0.25, 0.3) is 0 Å². The summed E-state index contributed by atoms with van der Waals surface area (Å²) in [5, 5.41) is 13.4. The number of nitrogens with two attached hydrogens (primary N) is 1. The van der Waals surface area contributed by atoms with E-state index in [-0.39, 0.29) is 18.5 Å². The highest BCUT2D eigenvalue weighted by Crippen LogP contribution is 2.31. The van der Waals surface area contributed by atoms with E-state index >= 15 is 0 Å². The highest BCUT2D eigenvalue weighted by Gasteiger charge is 2.24. The maximum absolute atomic E-state index is 13.9. The van der Waals surface area contributed by atoms with E-state index in [0.717, 1.165) is 55.1 Å². The number of likely N-dealkylation sites (N-methyl/N-ethyl adjacent to an activating group) is 1. The van der Waals surface area contributed by atoms with Crippen LogP contribution in [0.2, 0.25) is 30.7 Å². The van der Waals surface area contributed by atoms with Crippen molar-refractivity contribution in [3.05, 3.63) is 58.6 Å². The Bertz CT molecular complexity index is 1150. The van der Waals surface area contributed by atoms with E-state index in [4.69, 9.17) is 17.3 Å². The molecule has 0 saturated heterocycles. The number of amides is 2. The number of halogens is 1. The van der Waals surface area contributed by atoms with Crippen LogP contribution in [0, 0.1) is 5.92 Å². The van der Waals surface area contributed by atoms with Gasteiger partial charge in [-0.05, 0) is 73.7 Å². The zero-order valence-corrected chi connectivity index (χ0v) is 27.1. The van der Waals surface area contributed by atoms with E-state index in [1.807, 2.05) is 36.4 Å². The molecule has 2 aromatic carbocycles. The van der Waals surface area contributed by atoms with Gasteiger partial charge in [0.1, 0.15) is 0 Å². The third-order valence-corrected chi connectivity index (χ3v) is 9.90. The number of carboxylic acid groups (broad SMARTS) is 1. The molecule has 1 saturated carbocycles. The van der Waals surface area contributed by atoms with Crippen LogP contribution in [-0.2, 0) is 6.42 Å². The first-order chi connectivity index (χ1) is 19.4. The van der Waals surface area contributed by atoms with Gasteiger partial charge in [0.05, 0.1) is 0 Å². The normalized spacial score (nSPS) is 14.9. The molecule has 0 aliphatic heterocycles. The second kappa shape index (κ2) is 15.6. The first kappa shape index (κ1) is 33.0. The van der Waals surface area contributed by atoms with Crippen molar-refractivity contribution in [2.24, 2.45) is 11.7 Å². The number of hydrogen-bond acceptors (Lipinski definition) is 4. The summed E-state index contributed by atoms with van der Waals surface area (Å²) in [5.41, 5.74) is 9.52. The molecule has 0 heterocycles. The number of anilines is 2. The minimum atomic E-state index is -1.31. The van der Waals surface area contributed by atoms with Crippen molar-refractivity contribution in [3.63, 3.8) is 0 Å². The predicted molar refractivity (Wildman–Crippen MR) is 174 cm³/mol. The Morgan fingerprint density at radius 3 is 2.46 bits per heavy atom. The number of nitrogens with one attached hydrogen (secondary N) is 1. The van der Waals surface area contributed by atoms with Gasteiger partial charge in [0.2, 0.25) is 0 Å². The van der Waals surface area contributed by atoms with Crippen LogP contribution < -0.4 is 16.0 Å². The van der Waals surface area contributed by atoms with Crippen molar-refractivity contribution in [1.82, 2.24) is 10.2 Å². The largest absolute Gasteiger partial charge is 0.465 e. The fraction of sp³-hybridized carbons (Fsp3) is 0.562. The first-order valence-corrected chi connectivity index (χ1v) is 19.2. The summed E-state index contributed by atoms with van der Waals surface area (Å²) in [6.45, 7) is 8.60. The SMILES string of the molecule is CN(CC(CC1CCCCC1)NC(=O)c1cc(CC[Si](C)(C)C)cc(N(CCCN)c2cccc(Cl)c2)c1)C(=O)O. The molecule has 7 nitrogen and oxygen atoms in total. The van der Waals surface area contributed by atoms with Crippen molar-refractivity contribution >= 4 is 43.1 Å². The molecule has 1 aliphatic rings. The minimum Gasteiger partial charge on any atom is -0.465 e. The number of hydrogen-bond donors (Lipinski definition) is 3. The van der Waals surface area contributed by atoms with Crippen molar-refractivity contribution < 1.29 is 14.7 Å². The quantitative estimate of drug-likeness (QED) is 0.196. The molecule has 1 unspecified atom stereocenters. The Hall–Kier alpha value is -2.55. The third kappa shape index (κ3) is 11.0. The molecule has 2 aromatic rings. The number of aryl methyl sites for hydroxylation is 1. The van der Waals surface area contributed by atoms with Crippen LogP contribution in [0.4, 0.5) is 16.2 Å². The van der Waals surface area contributed by atoms with Gasteiger partial charge >= 0.3 is 6.09 Å². The Morgan fingerprint density at radius 1 is 1.10 bits per heavy atom. The van der Waals surface area contributed by atoms with E-state index in [0.29, 0.717) is 29.6 Å². The molecular formula is C32H49ClN4O3Si. The Labute approximate surface area is 252 Å². The summed E-state index contributed by atoms with van der Waals surface area (Å²) in [5.74, 6) is 0.343. The lowest BCUT2D eigenvalue weighted by Gasteiger charge is -2.30. The summed E-state index contributed by atoms with van der Waals surface area (Å²) >= 11 is 6.37. The molecule has 9 heteroatoms. The molecular weight excluding hydrogens is 552 g/mol. The molecule has 0 radical (unpaired) electrons. The highest BCUT2D eigenvalue weighted by atomic mass is 35.5. The standard InChI is InChI=1S/C32H49ClN4O3Si/c1-36(32(39)40)23-28(19-24-10-6-5-7-11-24)35-31(38)26-18-25(14-17-41(2,3)4)20-30(21-26)37(16-9-15-34)29-13-8-12-27(33)22-29/h8,12-13,18,20-22,24,28H,5-7,9-11,14-17,19,23,34H2,1-4H3,(H,35,38)(H,39,40). The summed E-state index contributed by atoms with van der Waals surface area (Å²) in [6, 6.07) is 14.8. The number of carbonyl (C=O) groups excluding carboxylic acids is 1. The molecule has 0 spiro atoms. The predicted octanol–water partition coefficient (Wildman–Crippen LogP) is 7.39. The van der Waals surface area contributed by atoms with Gasteiger partial charge in [0.15, 0.2) is 0 Å². The van der Waals surface area contributed by atoms with E-state index in [2.05, 4.69) is 35.9 Å². The van der Waals surface area contributed by atoms with E-state index < -0.39 is 14.2 Å². The summed E-state index contributed by atoms with van der Waals surface area (Å²) in [6.07, 6.45) is 7.41. The lowest BCUT2D eigenvalue weighted by Crippen LogP contribution is -2.45. The third-order valence-electron chi connectivity index (χ3n) is 7.92. The summed E-state index contributed by atoms with van der Waals surface area (Å²) in [7, 11) is 0.256. The lowest BCUT2D eigenvalue weighted by molar-refractivity contribution is 0.0910. The van der Waals surface area contributed by atoms with Crippen LogP contribution in [0.1, 0.15) is 60.9 Å². The monoisotopic (exact) mass is 600 g/mol. The van der Waals surface area contributed by atoms with Gasteiger partial charge in [0, 0.05) is 56.2 Å². The molecule has 41 heavy (non-hydrogen) atoms. The summed E-state index contributed by atoms with van der Waals surface area (Å²) in [4.78, 5) is 29.0. The van der Waals surface area contributed by atoms with Gasteiger partial charge in [-0.15, -0.1) is 0 Å². The molecule has 2 amide bonds. The van der Waals surface area contributed by atoms with Crippen LogP contribution in [-0.4, -0.2) is 62.8 Å². The Morgan fingerprint density at radius 2 is 1.83 bits per heavy atom. The van der Waals surface area contributed by atoms with Crippen LogP contribution in [0.15, 0.2) is 42.5 Å². The van der Waals surface area contributed by atoms with Crippen molar-refractivity contribution in [2.45, 2.75) is 83.1 Å². The van der Waals surface area contributed by atoms with Crippen LogP contribution >= 0.6 is 11.6 Å². The van der Waals surface area contributed by atoms with E-state index in [1.165, 1.54) is 24.2 Å². The Kier molecular flexibility index (Phi) is 12.5. The molecule has 1 fully saturated rings. The van der Waals surface area contributed by atoms with Crippen LogP contribution in [0.3, 0.4) is 0 Å². The van der Waals surface area contributed by atoms with Crippen molar-refractivity contribution in [3.8, 4) is 0 Å². The van der Waals surface area contributed by atoms with Gasteiger partial charge in [-0.1, -0.05) is 75.5 Å². The molecule has 0 aromatic heterocycles. The smallest absolute Gasteiger partial charge is 0.407 e. The van der Waals surface area contributed by atoms with Gasteiger partial charge in [-0.2, -0.15) is 0 Å². The molecule has 0 bridgehead atoms. The van der Waals surface area contributed by atoms with E-state index in [1.54, 1.807) is 7.05 Å². The second-order valence-electron chi connectivity index (χ2n) is 12.8. The topological polar surface area (TPSA) is 98.9 Å². The number of rotatable bonds is 14. The van der Waals surface area contributed by atoms with Crippen molar-refractivity contribution in [1.29, 1.82) is 0 Å². The van der Waals surface area contributed by atoms with E-state index in [9.17, 15) is 14.7 Å². The average Bonchev–Trinajstić information content (AvgIpc) is 2.92. The molecule has 4 N–H and O–H groups in total. The maximum atomic E-state index is 13.9. The van der Waals surface area contributed by atoms with Crippen molar-refractivity contribution in [2.75, 3.05) is 31.6 Å². The highest BCUT2D eigenvalue weighted by molar-refractivity contribution is 6.76. The number of nitrogens with zero attached hydrogens (tertiary/aromatic N) is 2. The van der Waals surface area contributed by atoms with Crippen LogP contribution in [0.5, 0.6) is 0 Å². The zero-order valence-electron chi connectivity index (χ0n) is 25.3. The fourth-order valence-corrected chi connectivity index (χ4v) is 6.83. The van der Waals surface area contributed by atoms with Gasteiger partial charge in [-0.3, -0.25) is 4.79 Å². The summed E-state index contributed by atoms with van der Waals surface area (Å²) < 4.78 is 0. The minimum absolute atomic E-state index is 0.162. The van der Waals surface area contributed by atoms with Gasteiger partial charge in [0.25, 0.3) is 5.91 Å². The molecule has 226 valence electrons. The fourth-order valence-electron chi connectivity index (χ4n) is 5.61. The number of benzene rings is 2. The number of carbonyl (C=O) groups is 2. The maximum Gasteiger partial charge on any atom is 0.407 e. The lowest BCUT2D eigenvalue weighted by atomic mass is 9.84. The molecule has 3 rings (SSSR count). The average molecular weight is 601 g/mol. The van der Waals surface area contributed by atoms with Gasteiger partial charge < -0.3 is 26.0 Å². The Balaban J connectivity index is 1.96.